The second-order valence-corrected chi connectivity index (χ2v) is 6.53. The van der Waals surface area contributed by atoms with Gasteiger partial charge in [-0.25, -0.2) is 0 Å². The molecule has 0 saturated heterocycles. The maximum atomic E-state index is 4.48. The van der Waals surface area contributed by atoms with Crippen LogP contribution in [-0.4, -0.2) is 22.6 Å². The lowest BCUT2D eigenvalue weighted by molar-refractivity contribution is 0.459. The van der Waals surface area contributed by atoms with E-state index in [9.17, 15) is 0 Å². The molecule has 1 saturated carbocycles. The van der Waals surface area contributed by atoms with Crippen molar-refractivity contribution >= 4 is 10.9 Å². The number of aromatic amines is 1. The second-order valence-electron chi connectivity index (χ2n) is 6.53. The Morgan fingerprint density at radius 2 is 2.00 bits per heavy atom. The fourth-order valence-corrected chi connectivity index (χ4v) is 3.38. The number of nitrogens with zero attached hydrogens (tertiary/aromatic N) is 1. The van der Waals surface area contributed by atoms with Crippen LogP contribution in [0.4, 0.5) is 0 Å². The largest absolute Gasteiger partial charge is 0.361 e. The molecule has 2 aromatic heterocycles. The third-order valence-electron chi connectivity index (χ3n) is 4.82. The molecule has 3 aromatic rings. The summed E-state index contributed by atoms with van der Waals surface area (Å²) in [6, 6.07) is 15.3. The SMILES string of the molecule is c1ccc(CC(NCCc2c[nH]c3ccccc23)C2CC2)nc1. The van der Waals surface area contributed by atoms with E-state index in [0.29, 0.717) is 6.04 Å². The highest BCUT2D eigenvalue weighted by molar-refractivity contribution is 5.83. The van der Waals surface area contributed by atoms with Gasteiger partial charge in [0.2, 0.25) is 0 Å². The smallest absolute Gasteiger partial charge is 0.0456 e. The van der Waals surface area contributed by atoms with Crippen LogP contribution in [0.15, 0.2) is 54.9 Å². The first-order valence-electron chi connectivity index (χ1n) is 8.58. The van der Waals surface area contributed by atoms with Gasteiger partial charge in [-0.1, -0.05) is 24.3 Å². The number of hydrogen-bond acceptors (Lipinski definition) is 2. The van der Waals surface area contributed by atoms with Gasteiger partial charge in [0.1, 0.15) is 0 Å². The molecule has 3 nitrogen and oxygen atoms in total. The fourth-order valence-electron chi connectivity index (χ4n) is 3.38. The van der Waals surface area contributed by atoms with E-state index in [1.165, 1.54) is 35.0 Å². The zero-order valence-electron chi connectivity index (χ0n) is 13.3. The number of rotatable bonds is 7. The van der Waals surface area contributed by atoms with Gasteiger partial charge in [-0.05, 0) is 55.5 Å². The van der Waals surface area contributed by atoms with Gasteiger partial charge < -0.3 is 10.3 Å². The van der Waals surface area contributed by atoms with Crippen LogP contribution in [0.3, 0.4) is 0 Å². The number of fused-ring (bicyclic) bond motifs is 1. The second kappa shape index (κ2) is 6.55. The van der Waals surface area contributed by atoms with Gasteiger partial charge in [0, 0.05) is 41.5 Å². The normalized spacial score (nSPS) is 15.8. The predicted octanol–water partition coefficient (Wildman–Crippen LogP) is 3.72. The highest BCUT2D eigenvalue weighted by atomic mass is 14.9. The summed E-state index contributed by atoms with van der Waals surface area (Å²) >= 11 is 0. The Labute approximate surface area is 137 Å². The molecule has 1 unspecified atom stereocenters. The monoisotopic (exact) mass is 305 g/mol. The molecular formula is C20H23N3. The van der Waals surface area contributed by atoms with Crippen molar-refractivity contribution in [1.82, 2.24) is 15.3 Å². The van der Waals surface area contributed by atoms with Gasteiger partial charge in [-0.3, -0.25) is 4.98 Å². The Balaban J connectivity index is 1.37. The van der Waals surface area contributed by atoms with Crippen molar-refractivity contribution in [3.05, 3.63) is 66.1 Å². The fraction of sp³-hybridized carbons (Fsp3) is 0.350. The zero-order chi connectivity index (χ0) is 15.5. The summed E-state index contributed by atoms with van der Waals surface area (Å²) in [4.78, 5) is 7.85. The van der Waals surface area contributed by atoms with Crippen LogP contribution in [0.5, 0.6) is 0 Å². The van der Waals surface area contributed by atoms with Gasteiger partial charge in [-0.15, -0.1) is 0 Å². The Kier molecular flexibility index (Phi) is 4.12. The summed E-state index contributed by atoms with van der Waals surface area (Å²) in [5, 5.41) is 5.13. The molecule has 1 fully saturated rings. The first-order chi connectivity index (χ1) is 11.4. The van der Waals surface area contributed by atoms with E-state index in [4.69, 9.17) is 0 Å². The van der Waals surface area contributed by atoms with Crippen LogP contribution in [0.25, 0.3) is 10.9 Å². The number of H-pyrrole nitrogens is 1. The van der Waals surface area contributed by atoms with E-state index in [0.717, 1.165) is 25.3 Å². The summed E-state index contributed by atoms with van der Waals surface area (Å²) < 4.78 is 0. The van der Waals surface area contributed by atoms with E-state index in [2.05, 4.69) is 57.9 Å². The topological polar surface area (TPSA) is 40.7 Å². The molecule has 1 aliphatic rings. The van der Waals surface area contributed by atoms with Crippen LogP contribution in [-0.2, 0) is 12.8 Å². The van der Waals surface area contributed by atoms with Crippen molar-refractivity contribution in [1.29, 1.82) is 0 Å². The minimum absolute atomic E-state index is 0.565. The van der Waals surface area contributed by atoms with E-state index < -0.39 is 0 Å². The zero-order valence-corrected chi connectivity index (χ0v) is 13.3. The maximum absolute atomic E-state index is 4.48. The standard InChI is InChI=1S/C20H23N3/c1-2-7-19-18(6-1)16(14-23-19)10-12-22-20(15-8-9-15)13-17-5-3-4-11-21-17/h1-7,11,14-15,20,22-23H,8-10,12-13H2. The molecule has 0 spiro atoms. The van der Waals surface area contributed by atoms with E-state index >= 15 is 0 Å². The van der Waals surface area contributed by atoms with Crippen LogP contribution in [0.2, 0.25) is 0 Å². The van der Waals surface area contributed by atoms with Gasteiger partial charge in [0.15, 0.2) is 0 Å². The molecular weight excluding hydrogens is 282 g/mol. The lowest BCUT2D eigenvalue weighted by Gasteiger charge is -2.18. The molecule has 1 aromatic carbocycles. The molecule has 0 radical (unpaired) electrons. The number of pyridine rings is 1. The van der Waals surface area contributed by atoms with E-state index in [1.54, 1.807) is 0 Å². The average molecular weight is 305 g/mol. The molecule has 4 rings (SSSR count). The summed E-state index contributed by atoms with van der Waals surface area (Å²) in [7, 11) is 0. The molecule has 3 heteroatoms. The molecule has 1 aliphatic carbocycles. The molecule has 118 valence electrons. The summed E-state index contributed by atoms with van der Waals surface area (Å²) in [5.41, 5.74) is 3.83. The molecule has 1 atom stereocenters. The van der Waals surface area contributed by atoms with Crippen molar-refractivity contribution in [3.8, 4) is 0 Å². The Hall–Kier alpha value is -2.13. The third kappa shape index (κ3) is 3.45. The predicted molar refractivity (Wildman–Crippen MR) is 94.5 cm³/mol. The highest BCUT2D eigenvalue weighted by Crippen LogP contribution is 2.34. The third-order valence-corrected chi connectivity index (χ3v) is 4.82. The molecule has 23 heavy (non-hydrogen) atoms. The van der Waals surface area contributed by atoms with Crippen molar-refractivity contribution in [2.24, 2.45) is 5.92 Å². The number of para-hydroxylation sites is 1. The Morgan fingerprint density at radius 3 is 2.83 bits per heavy atom. The quantitative estimate of drug-likeness (QED) is 0.698. The molecule has 2 heterocycles. The Bertz CT molecular complexity index is 759. The first kappa shape index (κ1) is 14.5. The minimum atomic E-state index is 0.565. The molecule has 0 bridgehead atoms. The van der Waals surface area contributed by atoms with Crippen LogP contribution in [0, 0.1) is 5.92 Å². The van der Waals surface area contributed by atoms with Gasteiger partial charge in [-0.2, -0.15) is 0 Å². The lowest BCUT2D eigenvalue weighted by atomic mass is 10.1. The van der Waals surface area contributed by atoms with Crippen LogP contribution >= 0.6 is 0 Å². The maximum Gasteiger partial charge on any atom is 0.0456 e. The highest BCUT2D eigenvalue weighted by Gasteiger charge is 2.30. The summed E-state index contributed by atoms with van der Waals surface area (Å²) in [6.45, 7) is 1.02. The van der Waals surface area contributed by atoms with Gasteiger partial charge in [0.05, 0.1) is 0 Å². The number of benzene rings is 1. The van der Waals surface area contributed by atoms with Crippen molar-refractivity contribution in [2.45, 2.75) is 31.7 Å². The van der Waals surface area contributed by atoms with E-state index in [1.807, 2.05) is 12.3 Å². The van der Waals surface area contributed by atoms with E-state index in [-0.39, 0.29) is 0 Å². The number of nitrogens with one attached hydrogen (secondary N) is 2. The number of aromatic nitrogens is 2. The van der Waals surface area contributed by atoms with Crippen LogP contribution < -0.4 is 5.32 Å². The van der Waals surface area contributed by atoms with Crippen molar-refractivity contribution < 1.29 is 0 Å². The molecule has 0 aliphatic heterocycles. The van der Waals surface area contributed by atoms with Crippen molar-refractivity contribution in [3.63, 3.8) is 0 Å². The summed E-state index contributed by atoms with van der Waals surface area (Å²) in [5.74, 6) is 0.833. The first-order valence-corrected chi connectivity index (χ1v) is 8.58. The lowest BCUT2D eigenvalue weighted by Crippen LogP contribution is -2.34. The molecule has 0 amide bonds. The number of hydrogen-bond donors (Lipinski definition) is 2. The van der Waals surface area contributed by atoms with Crippen LogP contribution in [0.1, 0.15) is 24.1 Å². The van der Waals surface area contributed by atoms with Gasteiger partial charge in [0.25, 0.3) is 0 Å². The molecule has 2 N–H and O–H groups in total. The average Bonchev–Trinajstić information content (AvgIpc) is 3.36. The minimum Gasteiger partial charge on any atom is -0.361 e. The Morgan fingerprint density at radius 1 is 1.13 bits per heavy atom. The van der Waals surface area contributed by atoms with Gasteiger partial charge >= 0.3 is 0 Å². The van der Waals surface area contributed by atoms with Crippen molar-refractivity contribution in [2.75, 3.05) is 6.54 Å². The summed E-state index contributed by atoms with van der Waals surface area (Å²) in [6.07, 6.45) is 8.87.